The van der Waals surface area contributed by atoms with Gasteiger partial charge in [-0.3, -0.25) is 4.79 Å². The largest absolute Gasteiger partial charge is 0.411 e. The molecule has 0 heterocycles. The van der Waals surface area contributed by atoms with Gasteiger partial charge in [0.2, 0.25) is 5.91 Å². The maximum Gasteiger partial charge on any atom is 0.411 e. The molecule has 8 heteroatoms. The van der Waals surface area contributed by atoms with E-state index in [0.29, 0.717) is 16.5 Å². The molecule has 0 spiro atoms. The van der Waals surface area contributed by atoms with Crippen LogP contribution >= 0.6 is 23.2 Å². The number of hydrogen-bond donors (Lipinski definition) is 1. The number of carbonyl (C=O) groups is 1. The first kappa shape index (κ1) is 19.1. The van der Waals surface area contributed by atoms with Crippen molar-refractivity contribution in [3.8, 4) is 0 Å². The number of alkyl halides is 3. The number of carbonyl (C=O) groups excluding carboxylic acids is 1. The van der Waals surface area contributed by atoms with Gasteiger partial charge in [-0.15, -0.1) is 0 Å². The molecule has 1 aromatic carbocycles. The summed E-state index contributed by atoms with van der Waals surface area (Å²) in [5.41, 5.74) is 0.826. The van der Waals surface area contributed by atoms with E-state index in [9.17, 15) is 18.0 Å². The standard InChI is InChI=1S/C14H16Cl2F3NO2/c1-9(6-10-2-3-11(15)7-12(10)16)20-13(21)4-5-22-8-14(17,18)19/h2-3,7,9H,4-6,8H2,1H3,(H,20,21). The molecule has 0 radical (unpaired) electrons. The zero-order chi connectivity index (χ0) is 16.8. The zero-order valence-electron chi connectivity index (χ0n) is 11.8. The summed E-state index contributed by atoms with van der Waals surface area (Å²) in [6.45, 7) is 0.148. The highest BCUT2D eigenvalue weighted by Crippen LogP contribution is 2.22. The highest BCUT2D eigenvalue weighted by molar-refractivity contribution is 6.35. The van der Waals surface area contributed by atoms with Crippen LogP contribution in [0.25, 0.3) is 0 Å². The second-order valence-electron chi connectivity index (χ2n) is 4.83. The Balaban J connectivity index is 2.32. The zero-order valence-corrected chi connectivity index (χ0v) is 13.4. The lowest BCUT2D eigenvalue weighted by Crippen LogP contribution is -2.34. The summed E-state index contributed by atoms with van der Waals surface area (Å²) in [6.07, 6.45) is -4.02. The van der Waals surface area contributed by atoms with Crippen LogP contribution in [0.5, 0.6) is 0 Å². The smallest absolute Gasteiger partial charge is 0.372 e. The van der Waals surface area contributed by atoms with E-state index in [1.165, 1.54) is 0 Å². The Hall–Kier alpha value is -0.980. The third kappa shape index (κ3) is 7.87. The normalized spacial score (nSPS) is 13.0. The Morgan fingerprint density at radius 3 is 2.64 bits per heavy atom. The van der Waals surface area contributed by atoms with Crippen molar-refractivity contribution in [3.63, 3.8) is 0 Å². The predicted molar refractivity (Wildman–Crippen MR) is 79.3 cm³/mol. The Morgan fingerprint density at radius 2 is 2.05 bits per heavy atom. The lowest BCUT2D eigenvalue weighted by Gasteiger charge is -2.15. The van der Waals surface area contributed by atoms with E-state index in [4.69, 9.17) is 23.2 Å². The monoisotopic (exact) mass is 357 g/mol. The van der Waals surface area contributed by atoms with Crippen molar-refractivity contribution in [2.75, 3.05) is 13.2 Å². The first-order valence-corrected chi connectivity index (χ1v) is 7.31. The Kier molecular flexibility index (Phi) is 7.45. The summed E-state index contributed by atoms with van der Waals surface area (Å²) in [5.74, 6) is -0.375. The van der Waals surface area contributed by atoms with Gasteiger partial charge in [-0.2, -0.15) is 13.2 Å². The summed E-state index contributed by atoms with van der Waals surface area (Å²) in [6, 6.07) is 4.86. The molecule has 1 amide bonds. The molecule has 0 fully saturated rings. The summed E-state index contributed by atoms with van der Waals surface area (Å²) < 4.78 is 39.9. The first-order chi connectivity index (χ1) is 10.2. The molecule has 0 aliphatic heterocycles. The van der Waals surface area contributed by atoms with E-state index >= 15 is 0 Å². The fourth-order valence-corrected chi connectivity index (χ4v) is 2.25. The molecule has 1 N–H and O–H groups in total. The van der Waals surface area contributed by atoms with Gasteiger partial charge in [0.05, 0.1) is 6.61 Å². The van der Waals surface area contributed by atoms with Crippen LogP contribution in [-0.2, 0) is 16.0 Å². The molecule has 1 atom stereocenters. The summed E-state index contributed by atoms with van der Waals surface area (Å²) in [4.78, 5) is 11.6. The van der Waals surface area contributed by atoms with Gasteiger partial charge in [0.1, 0.15) is 6.61 Å². The van der Waals surface area contributed by atoms with Crippen LogP contribution in [0.2, 0.25) is 10.0 Å². The van der Waals surface area contributed by atoms with Crippen molar-refractivity contribution in [1.29, 1.82) is 0 Å². The van der Waals surface area contributed by atoms with Gasteiger partial charge in [0.15, 0.2) is 0 Å². The maximum absolute atomic E-state index is 11.9. The van der Waals surface area contributed by atoms with Gasteiger partial charge in [0.25, 0.3) is 0 Å². The summed E-state index contributed by atoms with van der Waals surface area (Å²) in [7, 11) is 0. The first-order valence-electron chi connectivity index (χ1n) is 6.55. The van der Waals surface area contributed by atoms with Crippen molar-refractivity contribution >= 4 is 29.1 Å². The lowest BCUT2D eigenvalue weighted by atomic mass is 10.1. The minimum absolute atomic E-state index is 0.130. The molecular formula is C14H16Cl2F3NO2. The van der Waals surface area contributed by atoms with Gasteiger partial charge < -0.3 is 10.1 Å². The topological polar surface area (TPSA) is 38.3 Å². The molecule has 0 saturated carbocycles. The number of amides is 1. The van der Waals surface area contributed by atoms with Crippen LogP contribution in [0.1, 0.15) is 18.9 Å². The molecule has 1 aromatic rings. The highest BCUT2D eigenvalue weighted by Gasteiger charge is 2.27. The van der Waals surface area contributed by atoms with Crippen LogP contribution < -0.4 is 5.32 Å². The molecular weight excluding hydrogens is 342 g/mol. The number of benzene rings is 1. The van der Waals surface area contributed by atoms with Crippen LogP contribution in [0, 0.1) is 0 Å². The minimum Gasteiger partial charge on any atom is -0.372 e. The van der Waals surface area contributed by atoms with Crippen molar-refractivity contribution in [1.82, 2.24) is 5.32 Å². The van der Waals surface area contributed by atoms with E-state index in [2.05, 4.69) is 10.1 Å². The number of rotatable bonds is 7. The van der Waals surface area contributed by atoms with Crippen molar-refractivity contribution in [3.05, 3.63) is 33.8 Å². The number of hydrogen-bond acceptors (Lipinski definition) is 2. The molecule has 0 aliphatic carbocycles. The highest BCUT2D eigenvalue weighted by atomic mass is 35.5. The number of ether oxygens (including phenoxy) is 1. The van der Waals surface area contributed by atoms with E-state index in [0.717, 1.165) is 5.56 Å². The summed E-state index contributed by atoms with van der Waals surface area (Å²) >= 11 is 11.8. The molecule has 1 unspecified atom stereocenters. The Labute approximate surface area is 136 Å². The summed E-state index contributed by atoms with van der Waals surface area (Å²) in [5, 5.41) is 3.70. The fraction of sp³-hybridized carbons (Fsp3) is 0.500. The fourth-order valence-electron chi connectivity index (χ4n) is 1.77. The quantitative estimate of drug-likeness (QED) is 0.748. The van der Waals surface area contributed by atoms with Crippen molar-refractivity contribution < 1.29 is 22.7 Å². The van der Waals surface area contributed by atoms with E-state index in [-0.39, 0.29) is 25.0 Å². The second kappa shape index (κ2) is 8.60. The van der Waals surface area contributed by atoms with Crippen LogP contribution in [0.15, 0.2) is 18.2 Å². The third-order valence-corrected chi connectivity index (χ3v) is 3.27. The van der Waals surface area contributed by atoms with Gasteiger partial charge in [-0.1, -0.05) is 29.3 Å². The van der Waals surface area contributed by atoms with Crippen molar-refractivity contribution in [2.45, 2.75) is 32.0 Å². The molecule has 0 saturated heterocycles. The minimum atomic E-state index is -4.38. The average molecular weight is 358 g/mol. The molecule has 0 aromatic heterocycles. The molecule has 124 valence electrons. The van der Waals surface area contributed by atoms with Gasteiger partial charge in [-0.25, -0.2) is 0 Å². The van der Waals surface area contributed by atoms with Gasteiger partial charge >= 0.3 is 6.18 Å². The molecule has 1 rings (SSSR count). The van der Waals surface area contributed by atoms with Crippen LogP contribution in [0.3, 0.4) is 0 Å². The molecule has 0 aliphatic rings. The maximum atomic E-state index is 11.9. The predicted octanol–water partition coefficient (Wildman–Crippen LogP) is 4.01. The van der Waals surface area contributed by atoms with Gasteiger partial charge in [-0.05, 0) is 31.0 Å². The second-order valence-corrected chi connectivity index (χ2v) is 5.67. The van der Waals surface area contributed by atoms with Crippen LogP contribution in [0.4, 0.5) is 13.2 Å². The third-order valence-electron chi connectivity index (χ3n) is 2.69. The van der Waals surface area contributed by atoms with Crippen molar-refractivity contribution in [2.24, 2.45) is 0 Å². The Morgan fingerprint density at radius 1 is 1.36 bits per heavy atom. The number of halogens is 5. The lowest BCUT2D eigenvalue weighted by molar-refractivity contribution is -0.174. The van der Waals surface area contributed by atoms with E-state index in [1.807, 2.05) is 0 Å². The van der Waals surface area contributed by atoms with Crippen LogP contribution in [-0.4, -0.2) is 31.3 Å². The number of nitrogens with one attached hydrogen (secondary N) is 1. The molecule has 3 nitrogen and oxygen atoms in total. The average Bonchev–Trinajstić information content (AvgIpc) is 2.37. The SMILES string of the molecule is CC(Cc1ccc(Cl)cc1Cl)NC(=O)CCOCC(F)(F)F. The van der Waals surface area contributed by atoms with Gasteiger partial charge in [0, 0.05) is 22.5 Å². The van der Waals surface area contributed by atoms with E-state index < -0.39 is 12.8 Å². The van der Waals surface area contributed by atoms with E-state index in [1.54, 1.807) is 25.1 Å². The molecule has 22 heavy (non-hydrogen) atoms. The Bertz CT molecular complexity index is 509. The molecule has 0 bridgehead atoms.